The standard InChI is InChI=1S/C14H19NO4/c1-9-6-5-7-11(8-9)19-10(2)12(16)15-14(3,4)13(17)18/h5-8,10H,1-4H3,(H,15,16)(H,17,18). The highest BCUT2D eigenvalue weighted by atomic mass is 16.5. The lowest BCUT2D eigenvalue weighted by atomic mass is 10.1. The topological polar surface area (TPSA) is 75.6 Å². The number of ether oxygens (including phenoxy) is 1. The van der Waals surface area contributed by atoms with Crippen LogP contribution in [0.25, 0.3) is 0 Å². The molecule has 1 amide bonds. The molecule has 0 aromatic heterocycles. The summed E-state index contributed by atoms with van der Waals surface area (Å²) in [4.78, 5) is 22.8. The molecule has 0 saturated carbocycles. The van der Waals surface area contributed by atoms with Gasteiger partial charge >= 0.3 is 5.97 Å². The van der Waals surface area contributed by atoms with Gasteiger partial charge in [0.05, 0.1) is 0 Å². The van der Waals surface area contributed by atoms with Crippen molar-refractivity contribution in [3.05, 3.63) is 29.8 Å². The molecule has 1 aromatic carbocycles. The number of carbonyl (C=O) groups is 2. The van der Waals surface area contributed by atoms with E-state index < -0.39 is 23.5 Å². The monoisotopic (exact) mass is 265 g/mol. The SMILES string of the molecule is Cc1cccc(OC(C)C(=O)NC(C)(C)C(=O)O)c1. The van der Waals surface area contributed by atoms with Crippen molar-refractivity contribution < 1.29 is 19.4 Å². The third-order valence-electron chi connectivity index (χ3n) is 2.64. The fourth-order valence-electron chi connectivity index (χ4n) is 1.41. The highest BCUT2D eigenvalue weighted by Crippen LogP contribution is 2.14. The van der Waals surface area contributed by atoms with Crippen LogP contribution in [-0.2, 0) is 9.59 Å². The lowest BCUT2D eigenvalue weighted by Gasteiger charge is -2.23. The summed E-state index contributed by atoms with van der Waals surface area (Å²) >= 11 is 0. The predicted octanol–water partition coefficient (Wildman–Crippen LogP) is 1.74. The lowest BCUT2D eigenvalue weighted by Crippen LogP contribution is -2.53. The lowest BCUT2D eigenvalue weighted by molar-refractivity contribution is -0.147. The zero-order valence-corrected chi connectivity index (χ0v) is 11.6. The largest absolute Gasteiger partial charge is 0.481 e. The maximum absolute atomic E-state index is 11.9. The van der Waals surface area contributed by atoms with E-state index in [1.165, 1.54) is 13.8 Å². The molecule has 2 N–H and O–H groups in total. The first-order valence-corrected chi connectivity index (χ1v) is 6.01. The van der Waals surface area contributed by atoms with Gasteiger partial charge in [-0.3, -0.25) is 4.79 Å². The minimum atomic E-state index is -1.32. The summed E-state index contributed by atoms with van der Waals surface area (Å²) in [6.45, 7) is 6.35. The summed E-state index contributed by atoms with van der Waals surface area (Å²) < 4.78 is 5.48. The van der Waals surface area contributed by atoms with Gasteiger partial charge in [0.25, 0.3) is 5.91 Å². The molecular formula is C14H19NO4. The summed E-state index contributed by atoms with van der Waals surface area (Å²) in [5.41, 5.74) is -0.294. The van der Waals surface area contributed by atoms with E-state index in [1.807, 2.05) is 25.1 Å². The number of benzene rings is 1. The molecule has 104 valence electrons. The van der Waals surface area contributed by atoms with Crippen molar-refractivity contribution in [2.24, 2.45) is 0 Å². The van der Waals surface area contributed by atoms with Crippen molar-refractivity contribution >= 4 is 11.9 Å². The number of aliphatic carboxylic acids is 1. The van der Waals surface area contributed by atoms with Gasteiger partial charge in [-0.25, -0.2) is 4.79 Å². The summed E-state index contributed by atoms with van der Waals surface area (Å²) in [5.74, 6) is -0.978. The van der Waals surface area contributed by atoms with Crippen molar-refractivity contribution in [3.8, 4) is 5.75 Å². The second kappa shape index (κ2) is 5.73. The van der Waals surface area contributed by atoms with E-state index in [4.69, 9.17) is 9.84 Å². The van der Waals surface area contributed by atoms with E-state index in [9.17, 15) is 9.59 Å². The molecule has 0 aliphatic heterocycles. The fourth-order valence-corrected chi connectivity index (χ4v) is 1.41. The van der Waals surface area contributed by atoms with Gasteiger partial charge in [-0.05, 0) is 45.4 Å². The minimum Gasteiger partial charge on any atom is -0.481 e. The van der Waals surface area contributed by atoms with Gasteiger partial charge in [0.2, 0.25) is 0 Å². The number of carboxylic acid groups (broad SMARTS) is 1. The van der Waals surface area contributed by atoms with Crippen molar-refractivity contribution in [1.29, 1.82) is 0 Å². The van der Waals surface area contributed by atoms with E-state index >= 15 is 0 Å². The maximum atomic E-state index is 11.9. The number of hydrogen-bond donors (Lipinski definition) is 2. The maximum Gasteiger partial charge on any atom is 0.328 e. The number of amides is 1. The van der Waals surface area contributed by atoms with Gasteiger partial charge in [0.15, 0.2) is 6.10 Å². The van der Waals surface area contributed by atoms with Crippen LogP contribution in [0.2, 0.25) is 0 Å². The number of hydrogen-bond acceptors (Lipinski definition) is 3. The second-order valence-electron chi connectivity index (χ2n) is 5.00. The Hall–Kier alpha value is -2.04. The van der Waals surface area contributed by atoms with Crippen LogP contribution in [0.5, 0.6) is 5.75 Å². The third kappa shape index (κ3) is 4.28. The normalized spacial score (nSPS) is 12.6. The van der Waals surface area contributed by atoms with Crippen LogP contribution < -0.4 is 10.1 Å². The summed E-state index contributed by atoms with van der Waals surface area (Å²) in [5, 5.41) is 11.4. The van der Waals surface area contributed by atoms with Crippen molar-refractivity contribution in [2.75, 3.05) is 0 Å². The highest BCUT2D eigenvalue weighted by Gasteiger charge is 2.31. The van der Waals surface area contributed by atoms with Crippen LogP contribution in [0.1, 0.15) is 26.3 Å². The third-order valence-corrected chi connectivity index (χ3v) is 2.64. The quantitative estimate of drug-likeness (QED) is 0.850. The summed E-state index contributed by atoms with van der Waals surface area (Å²) in [6, 6.07) is 7.31. The molecule has 0 bridgehead atoms. The van der Waals surface area contributed by atoms with Crippen LogP contribution in [0, 0.1) is 6.92 Å². The molecule has 1 atom stereocenters. The van der Waals surface area contributed by atoms with E-state index in [0.717, 1.165) is 5.56 Å². The molecule has 0 fully saturated rings. The molecule has 5 heteroatoms. The Kier molecular flexibility index (Phi) is 4.53. The predicted molar refractivity (Wildman–Crippen MR) is 71.1 cm³/mol. The van der Waals surface area contributed by atoms with Crippen LogP contribution in [-0.4, -0.2) is 28.6 Å². The molecule has 1 rings (SSSR count). The smallest absolute Gasteiger partial charge is 0.328 e. The Morgan fingerprint density at radius 2 is 2.00 bits per heavy atom. The molecule has 1 unspecified atom stereocenters. The Morgan fingerprint density at radius 1 is 1.37 bits per heavy atom. The van der Waals surface area contributed by atoms with Crippen LogP contribution in [0.3, 0.4) is 0 Å². The first-order valence-electron chi connectivity index (χ1n) is 6.01. The summed E-state index contributed by atoms with van der Waals surface area (Å²) in [7, 11) is 0. The average Bonchev–Trinajstić information content (AvgIpc) is 2.28. The number of carboxylic acids is 1. The van der Waals surface area contributed by atoms with Gasteiger partial charge in [-0.1, -0.05) is 12.1 Å². The zero-order chi connectivity index (χ0) is 14.6. The number of carbonyl (C=O) groups excluding carboxylic acids is 1. The molecule has 1 aromatic rings. The molecule has 0 spiro atoms. The van der Waals surface area contributed by atoms with Crippen molar-refractivity contribution in [2.45, 2.75) is 39.3 Å². The molecule has 0 saturated heterocycles. The average molecular weight is 265 g/mol. The number of nitrogens with one attached hydrogen (secondary N) is 1. The highest BCUT2D eigenvalue weighted by molar-refractivity contribution is 5.88. The molecule has 0 heterocycles. The molecule has 0 aliphatic carbocycles. The van der Waals surface area contributed by atoms with Crippen LogP contribution >= 0.6 is 0 Å². The van der Waals surface area contributed by atoms with E-state index in [1.54, 1.807) is 13.0 Å². The number of aryl methyl sites for hydroxylation is 1. The Bertz CT molecular complexity index is 482. The first-order chi connectivity index (χ1) is 8.72. The minimum absolute atomic E-state index is 0.464. The molecule has 0 radical (unpaired) electrons. The zero-order valence-electron chi connectivity index (χ0n) is 11.6. The number of rotatable bonds is 5. The Balaban J connectivity index is 2.66. The van der Waals surface area contributed by atoms with Crippen molar-refractivity contribution in [3.63, 3.8) is 0 Å². The van der Waals surface area contributed by atoms with Gasteiger partial charge in [0.1, 0.15) is 11.3 Å². The summed E-state index contributed by atoms with van der Waals surface area (Å²) in [6.07, 6.45) is -0.763. The van der Waals surface area contributed by atoms with Crippen LogP contribution in [0.15, 0.2) is 24.3 Å². The Morgan fingerprint density at radius 3 is 2.53 bits per heavy atom. The fraction of sp³-hybridized carbons (Fsp3) is 0.429. The first kappa shape index (κ1) is 15.0. The Labute approximate surface area is 112 Å². The molecule has 5 nitrogen and oxygen atoms in total. The van der Waals surface area contributed by atoms with Gasteiger partial charge in [0, 0.05) is 0 Å². The van der Waals surface area contributed by atoms with Gasteiger partial charge in [-0.15, -0.1) is 0 Å². The van der Waals surface area contributed by atoms with Crippen molar-refractivity contribution in [1.82, 2.24) is 5.32 Å². The van der Waals surface area contributed by atoms with Crippen LogP contribution in [0.4, 0.5) is 0 Å². The molecule has 19 heavy (non-hydrogen) atoms. The van der Waals surface area contributed by atoms with E-state index in [2.05, 4.69) is 5.32 Å². The van der Waals surface area contributed by atoms with E-state index in [-0.39, 0.29) is 0 Å². The second-order valence-corrected chi connectivity index (χ2v) is 5.00. The molecular weight excluding hydrogens is 246 g/mol. The van der Waals surface area contributed by atoms with E-state index in [0.29, 0.717) is 5.75 Å². The van der Waals surface area contributed by atoms with Gasteiger partial charge < -0.3 is 15.2 Å². The van der Waals surface area contributed by atoms with Gasteiger partial charge in [-0.2, -0.15) is 0 Å². The molecule has 0 aliphatic rings.